The Morgan fingerprint density at radius 3 is 2.45 bits per heavy atom. The van der Waals surface area contributed by atoms with Gasteiger partial charge in [0.1, 0.15) is 12.4 Å². The van der Waals surface area contributed by atoms with Crippen molar-refractivity contribution >= 4 is 23.4 Å². The summed E-state index contributed by atoms with van der Waals surface area (Å²) in [5.74, 6) is 0.844. The Bertz CT molecular complexity index is 942. The molecule has 3 aromatic rings. The predicted octanol–water partition coefficient (Wildman–Crippen LogP) is 5.48. The summed E-state index contributed by atoms with van der Waals surface area (Å²) in [4.78, 5) is 13.5. The fraction of sp³-hybridized carbons (Fsp3) is 0.208. The molecule has 3 aromatic carbocycles. The van der Waals surface area contributed by atoms with E-state index < -0.39 is 0 Å². The molecule has 5 heteroatoms. The van der Waals surface area contributed by atoms with E-state index in [-0.39, 0.29) is 5.91 Å². The predicted molar refractivity (Wildman–Crippen MR) is 119 cm³/mol. The van der Waals surface area contributed by atoms with E-state index in [1.54, 1.807) is 11.8 Å². The van der Waals surface area contributed by atoms with Crippen LogP contribution in [-0.4, -0.2) is 12.5 Å². The summed E-state index contributed by atoms with van der Waals surface area (Å²) in [6.45, 7) is 5.87. The van der Waals surface area contributed by atoms with Crippen molar-refractivity contribution in [1.29, 1.82) is 0 Å². The van der Waals surface area contributed by atoms with Crippen LogP contribution < -0.4 is 15.4 Å². The van der Waals surface area contributed by atoms with Crippen LogP contribution in [0.4, 0.5) is 5.69 Å². The molecule has 0 radical (unpaired) electrons. The molecule has 29 heavy (non-hydrogen) atoms. The quantitative estimate of drug-likeness (QED) is 0.494. The average Bonchev–Trinajstić information content (AvgIpc) is 2.73. The topological polar surface area (TPSA) is 50.4 Å². The summed E-state index contributed by atoms with van der Waals surface area (Å²) in [7, 11) is 0. The highest BCUT2D eigenvalue weighted by atomic mass is 32.2. The number of para-hydroxylation sites is 2. The summed E-state index contributed by atoms with van der Waals surface area (Å²) in [5.41, 5.74) is 3.11. The summed E-state index contributed by atoms with van der Waals surface area (Å²) >= 11 is 1.63. The fourth-order valence-corrected chi connectivity index (χ4v) is 3.74. The molecule has 0 fully saturated rings. The van der Waals surface area contributed by atoms with Crippen molar-refractivity contribution in [2.24, 2.45) is 0 Å². The van der Waals surface area contributed by atoms with E-state index in [9.17, 15) is 4.79 Å². The van der Waals surface area contributed by atoms with E-state index in [1.807, 2.05) is 42.5 Å². The van der Waals surface area contributed by atoms with Crippen LogP contribution in [0, 0.1) is 0 Å². The number of anilines is 1. The number of carbonyl (C=O) groups excluding carboxylic acids is 1. The molecule has 3 rings (SSSR count). The third-order valence-corrected chi connectivity index (χ3v) is 5.37. The van der Waals surface area contributed by atoms with E-state index in [4.69, 9.17) is 4.74 Å². The Balaban J connectivity index is 1.62. The average molecular weight is 407 g/mol. The first-order valence-electron chi connectivity index (χ1n) is 9.70. The van der Waals surface area contributed by atoms with E-state index >= 15 is 0 Å². The van der Waals surface area contributed by atoms with Gasteiger partial charge in [-0.3, -0.25) is 4.79 Å². The maximum Gasteiger partial charge on any atom is 0.221 e. The normalized spacial score (nSPS) is 10.6. The van der Waals surface area contributed by atoms with Crippen molar-refractivity contribution in [3.63, 3.8) is 0 Å². The molecule has 0 aliphatic rings. The number of hydrogen-bond donors (Lipinski definition) is 2. The van der Waals surface area contributed by atoms with Crippen molar-refractivity contribution in [2.75, 3.05) is 11.9 Å². The zero-order valence-corrected chi connectivity index (χ0v) is 17.6. The molecule has 150 valence electrons. The largest absolute Gasteiger partial charge is 0.489 e. The SMILES string of the molecule is CCNCc1ccccc1OCc1ccc(Sc2ccccc2NC(C)=O)cc1. The first kappa shape index (κ1) is 21.0. The van der Waals surface area contributed by atoms with Crippen LogP contribution in [0.1, 0.15) is 25.0 Å². The number of ether oxygens (including phenoxy) is 1. The van der Waals surface area contributed by atoms with Crippen LogP contribution in [0.15, 0.2) is 82.6 Å². The molecular formula is C24H26N2O2S. The zero-order valence-electron chi connectivity index (χ0n) is 16.8. The number of carbonyl (C=O) groups is 1. The molecule has 0 unspecified atom stereocenters. The minimum atomic E-state index is -0.0695. The van der Waals surface area contributed by atoms with Crippen molar-refractivity contribution in [1.82, 2.24) is 5.32 Å². The van der Waals surface area contributed by atoms with Gasteiger partial charge in [0.2, 0.25) is 5.91 Å². The molecule has 0 saturated carbocycles. The Kier molecular flexibility index (Phi) is 7.73. The molecule has 0 aliphatic heterocycles. The molecule has 0 atom stereocenters. The van der Waals surface area contributed by atoms with Gasteiger partial charge in [0.25, 0.3) is 0 Å². The lowest BCUT2D eigenvalue weighted by Crippen LogP contribution is -2.12. The second kappa shape index (κ2) is 10.7. The highest BCUT2D eigenvalue weighted by Crippen LogP contribution is 2.33. The summed E-state index contributed by atoms with van der Waals surface area (Å²) in [5, 5.41) is 6.22. The van der Waals surface area contributed by atoms with Crippen LogP contribution >= 0.6 is 11.8 Å². The minimum absolute atomic E-state index is 0.0695. The van der Waals surface area contributed by atoms with E-state index in [1.165, 1.54) is 6.92 Å². The van der Waals surface area contributed by atoms with Gasteiger partial charge in [0.05, 0.1) is 5.69 Å². The molecule has 0 aromatic heterocycles. The molecule has 2 N–H and O–H groups in total. The van der Waals surface area contributed by atoms with Gasteiger partial charge in [0, 0.05) is 28.8 Å². The standard InChI is InChI=1S/C24H26N2O2S/c1-3-25-16-20-8-4-6-10-23(20)28-17-19-12-14-21(15-13-19)29-24-11-7-5-9-22(24)26-18(2)27/h4-15,25H,3,16-17H2,1-2H3,(H,26,27). The number of benzene rings is 3. The second-order valence-corrected chi connectivity index (χ2v) is 7.72. The van der Waals surface area contributed by atoms with Crippen molar-refractivity contribution in [3.8, 4) is 5.75 Å². The van der Waals surface area contributed by atoms with Gasteiger partial charge in [0.15, 0.2) is 0 Å². The van der Waals surface area contributed by atoms with Crippen molar-refractivity contribution in [3.05, 3.63) is 83.9 Å². The van der Waals surface area contributed by atoms with E-state index in [0.29, 0.717) is 6.61 Å². The van der Waals surface area contributed by atoms with Crippen LogP contribution in [-0.2, 0) is 17.9 Å². The molecule has 4 nitrogen and oxygen atoms in total. The zero-order chi connectivity index (χ0) is 20.5. The Labute approximate surface area is 176 Å². The molecule has 0 spiro atoms. The summed E-state index contributed by atoms with van der Waals surface area (Å²) < 4.78 is 6.05. The monoisotopic (exact) mass is 406 g/mol. The van der Waals surface area contributed by atoms with Gasteiger partial charge in [-0.05, 0) is 42.4 Å². The fourth-order valence-electron chi connectivity index (χ4n) is 2.84. The van der Waals surface area contributed by atoms with Crippen LogP contribution in [0.5, 0.6) is 5.75 Å². The lowest BCUT2D eigenvalue weighted by atomic mass is 10.2. The van der Waals surface area contributed by atoms with Crippen LogP contribution in [0.3, 0.4) is 0 Å². The first-order chi connectivity index (χ1) is 14.2. The summed E-state index contributed by atoms with van der Waals surface area (Å²) in [6.07, 6.45) is 0. The van der Waals surface area contributed by atoms with Crippen molar-refractivity contribution < 1.29 is 9.53 Å². The molecular weight excluding hydrogens is 380 g/mol. The van der Waals surface area contributed by atoms with Gasteiger partial charge in [-0.25, -0.2) is 0 Å². The smallest absolute Gasteiger partial charge is 0.221 e. The molecule has 0 bridgehead atoms. The van der Waals surface area contributed by atoms with Crippen LogP contribution in [0.25, 0.3) is 0 Å². The van der Waals surface area contributed by atoms with Crippen molar-refractivity contribution in [2.45, 2.75) is 36.8 Å². The third-order valence-electron chi connectivity index (χ3n) is 4.28. The van der Waals surface area contributed by atoms with Gasteiger partial charge in [-0.2, -0.15) is 0 Å². The number of hydrogen-bond acceptors (Lipinski definition) is 4. The van der Waals surface area contributed by atoms with Gasteiger partial charge < -0.3 is 15.4 Å². The Morgan fingerprint density at radius 1 is 0.966 bits per heavy atom. The lowest BCUT2D eigenvalue weighted by molar-refractivity contribution is -0.114. The maximum absolute atomic E-state index is 11.4. The third kappa shape index (κ3) is 6.38. The number of nitrogens with one attached hydrogen (secondary N) is 2. The van der Waals surface area contributed by atoms with Gasteiger partial charge >= 0.3 is 0 Å². The second-order valence-electron chi connectivity index (χ2n) is 6.60. The molecule has 0 aliphatic carbocycles. The number of rotatable bonds is 9. The Hall–Kier alpha value is -2.76. The highest BCUT2D eigenvalue weighted by Gasteiger charge is 2.06. The number of amides is 1. The molecule has 1 amide bonds. The molecule has 0 heterocycles. The van der Waals surface area contributed by atoms with Gasteiger partial charge in [-0.15, -0.1) is 0 Å². The lowest BCUT2D eigenvalue weighted by Gasteiger charge is -2.12. The first-order valence-corrected chi connectivity index (χ1v) is 10.5. The van der Waals surface area contributed by atoms with Crippen LogP contribution in [0.2, 0.25) is 0 Å². The van der Waals surface area contributed by atoms with E-state index in [2.05, 4.69) is 47.9 Å². The maximum atomic E-state index is 11.4. The molecule has 0 saturated heterocycles. The van der Waals surface area contributed by atoms with Gasteiger partial charge in [-0.1, -0.05) is 61.2 Å². The highest BCUT2D eigenvalue weighted by molar-refractivity contribution is 7.99. The minimum Gasteiger partial charge on any atom is -0.489 e. The Morgan fingerprint density at radius 2 is 1.69 bits per heavy atom. The van der Waals surface area contributed by atoms with E-state index in [0.717, 1.165) is 45.4 Å². The summed E-state index contributed by atoms with van der Waals surface area (Å²) in [6, 6.07) is 24.3.